The van der Waals surface area contributed by atoms with E-state index < -0.39 is 27.9 Å². The number of para-hydroxylation sites is 1. The molecule has 3 fully saturated rings. The van der Waals surface area contributed by atoms with Gasteiger partial charge in [-0.1, -0.05) is 50.3 Å². The van der Waals surface area contributed by atoms with E-state index in [0.717, 1.165) is 36.8 Å². The number of carbonyl (C=O) groups excluding carboxylic acids is 2. The Hall–Kier alpha value is -4.60. The molecule has 9 heteroatoms. The fraction of sp³-hybridized carbons (Fsp3) is 0.478. The first kappa shape index (κ1) is 37.3. The number of methoxy groups -OCH3 is 3. The number of Topliss-reactive ketones (excluding diaryl/α,β-unsaturated/α-hetero) is 1. The molecule has 3 aromatic carbocycles. The highest BCUT2D eigenvalue weighted by Gasteiger charge is 2.74. The van der Waals surface area contributed by atoms with Gasteiger partial charge in [0.15, 0.2) is 5.78 Å². The summed E-state index contributed by atoms with van der Waals surface area (Å²) in [4.78, 5) is 31.0. The number of ketones is 1. The van der Waals surface area contributed by atoms with Crippen LogP contribution in [0.15, 0.2) is 96.6 Å². The molecule has 0 aromatic heterocycles. The van der Waals surface area contributed by atoms with Gasteiger partial charge in [0.05, 0.1) is 46.1 Å². The van der Waals surface area contributed by atoms with Gasteiger partial charge in [-0.2, -0.15) is 0 Å². The van der Waals surface area contributed by atoms with Gasteiger partial charge < -0.3 is 34.6 Å². The summed E-state index contributed by atoms with van der Waals surface area (Å²) < 4.78 is 16.6. The molecule has 6 aliphatic rings. The van der Waals surface area contributed by atoms with Gasteiger partial charge in [0.1, 0.15) is 17.2 Å². The van der Waals surface area contributed by atoms with Crippen molar-refractivity contribution in [1.29, 1.82) is 0 Å². The Morgan fingerprint density at radius 3 is 2.20 bits per heavy atom. The van der Waals surface area contributed by atoms with Crippen LogP contribution in [0.4, 0.5) is 10.5 Å². The number of anilines is 1. The summed E-state index contributed by atoms with van der Waals surface area (Å²) in [5.74, 6) is 2.01. The average molecular weight is 747 g/mol. The third-order valence-corrected chi connectivity index (χ3v) is 14.9. The van der Waals surface area contributed by atoms with Gasteiger partial charge in [0.25, 0.3) is 0 Å². The molecule has 0 aliphatic heterocycles. The zero-order valence-corrected chi connectivity index (χ0v) is 32.6. The molecule has 3 saturated carbocycles. The van der Waals surface area contributed by atoms with Crippen molar-refractivity contribution in [1.82, 2.24) is 4.90 Å². The van der Waals surface area contributed by atoms with Crippen molar-refractivity contribution in [2.75, 3.05) is 33.2 Å². The van der Waals surface area contributed by atoms with Crippen molar-refractivity contribution in [3.05, 3.63) is 108 Å². The highest BCUT2D eigenvalue weighted by atomic mass is 16.5. The number of nitrogens with one attached hydrogen (secondary N) is 1. The molecule has 55 heavy (non-hydrogen) atoms. The molecule has 0 radical (unpaired) electrons. The summed E-state index contributed by atoms with van der Waals surface area (Å²) in [5.41, 5.74) is -0.251. The van der Waals surface area contributed by atoms with Gasteiger partial charge in [-0.3, -0.25) is 4.79 Å². The highest BCUT2D eigenvalue weighted by Crippen LogP contribution is 2.78. The maximum absolute atomic E-state index is 15.0. The lowest BCUT2D eigenvalue weighted by Gasteiger charge is -2.71. The molecule has 3 N–H and O–H groups in total. The highest BCUT2D eigenvalue weighted by molar-refractivity contribution is 6.10. The number of allylic oxidation sites excluding steroid dienone is 4. The number of rotatable bonds is 10. The molecule has 1 unspecified atom stereocenters. The predicted molar refractivity (Wildman–Crippen MR) is 211 cm³/mol. The Bertz CT molecular complexity index is 2030. The van der Waals surface area contributed by atoms with Gasteiger partial charge >= 0.3 is 6.03 Å². The van der Waals surface area contributed by atoms with Crippen LogP contribution in [0.25, 0.3) is 0 Å². The monoisotopic (exact) mass is 746 g/mol. The van der Waals surface area contributed by atoms with Crippen LogP contribution >= 0.6 is 0 Å². The number of urea groups is 1. The van der Waals surface area contributed by atoms with Crippen LogP contribution in [0.1, 0.15) is 74.7 Å². The molecule has 2 bridgehead atoms. The standard InChI is InChI=1S/C46H54N2O7/c1-42-20-17-33(49)26-44(42)23-24-46(36(27-44)40(50)30-11-14-34(53-3)15-12-30)38(42)18-21-43(2)39(46)19-22-45(43,52)29-48(41(51)47-32-9-7-6-8-10-32)28-31-13-16-35(54-4)25-37(31)55-5/h6-16,23-25,27,33,38-39,49,52H,17-22,26,28-29H2,1-5H3,(H,47,51)/t33?,38-,39-,42-,43+,44+,45-,46-/m1/s1. The quantitative estimate of drug-likeness (QED) is 0.141. The second kappa shape index (κ2) is 13.6. The molecule has 9 nitrogen and oxygen atoms in total. The number of hydrogen-bond acceptors (Lipinski definition) is 7. The van der Waals surface area contributed by atoms with Crippen molar-refractivity contribution in [2.45, 2.75) is 77.0 Å². The number of nitrogens with zero attached hydrogens (tertiary/aromatic N) is 1. The van der Waals surface area contributed by atoms with E-state index in [-0.39, 0.29) is 42.2 Å². The number of hydrogen-bond donors (Lipinski definition) is 3. The number of carbonyl (C=O) groups is 2. The van der Waals surface area contributed by atoms with E-state index in [0.29, 0.717) is 47.8 Å². The lowest BCUT2D eigenvalue weighted by Crippen LogP contribution is -2.67. The van der Waals surface area contributed by atoms with Crippen LogP contribution in [-0.2, 0) is 6.54 Å². The Kier molecular flexibility index (Phi) is 9.20. The molecular formula is C46H54N2O7. The minimum absolute atomic E-state index is 0.00588. The van der Waals surface area contributed by atoms with E-state index in [4.69, 9.17) is 14.2 Å². The van der Waals surface area contributed by atoms with Gasteiger partial charge in [-0.25, -0.2) is 4.79 Å². The summed E-state index contributed by atoms with van der Waals surface area (Å²) in [6.45, 7) is 4.88. The maximum Gasteiger partial charge on any atom is 0.322 e. The smallest absolute Gasteiger partial charge is 0.322 e. The number of benzene rings is 3. The fourth-order valence-corrected chi connectivity index (χ4v) is 11.9. The summed E-state index contributed by atoms with van der Waals surface area (Å²) in [5, 5.41) is 27.4. The number of fused-ring (bicyclic) bond motifs is 1. The number of ether oxygens (including phenoxy) is 3. The molecule has 2 amide bonds. The summed E-state index contributed by atoms with van der Waals surface area (Å²) in [6, 6.07) is 22.0. The SMILES string of the molecule is COc1ccc(C(=O)C2=C[C@@]34C=C[C@@]25[C@@H]2CC[C@@](O)(CN(Cc6ccc(OC)cc6OC)C(=O)Nc6ccccc6)[C@@]2(C)CC[C@@H]5[C@@]3(C)CCC(O)C4)cc1. The number of aliphatic hydroxyl groups excluding tert-OH is 1. The second-order valence-corrected chi connectivity index (χ2v) is 17.2. The summed E-state index contributed by atoms with van der Waals surface area (Å²) in [7, 11) is 4.82. The average Bonchev–Trinajstić information content (AvgIpc) is 3.47. The first-order valence-electron chi connectivity index (χ1n) is 19.7. The third-order valence-electron chi connectivity index (χ3n) is 14.9. The van der Waals surface area contributed by atoms with Crippen molar-refractivity contribution in [3.63, 3.8) is 0 Å². The van der Waals surface area contributed by atoms with E-state index in [1.807, 2.05) is 72.8 Å². The maximum atomic E-state index is 15.0. The minimum Gasteiger partial charge on any atom is -0.497 e. The molecule has 0 heterocycles. The van der Waals surface area contributed by atoms with Crippen molar-refractivity contribution in [2.24, 2.45) is 33.5 Å². The summed E-state index contributed by atoms with van der Waals surface area (Å²) in [6.07, 6.45) is 11.4. The number of amides is 2. The molecular weight excluding hydrogens is 693 g/mol. The Labute approximate surface area is 324 Å². The Morgan fingerprint density at radius 2 is 1.49 bits per heavy atom. The van der Waals surface area contributed by atoms with Gasteiger partial charge in [-0.15, -0.1) is 0 Å². The van der Waals surface area contributed by atoms with Crippen molar-refractivity contribution in [3.8, 4) is 17.2 Å². The van der Waals surface area contributed by atoms with Crippen LogP contribution in [0, 0.1) is 33.5 Å². The molecule has 290 valence electrons. The molecule has 2 spiro atoms. The minimum atomic E-state index is -1.26. The first-order chi connectivity index (χ1) is 26.3. The van der Waals surface area contributed by atoms with Gasteiger partial charge in [-0.05, 0) is 111 Å². The largest absolute Gasteiger partial charge is 0.497 e. The zero-order chi connectivity index (χ0) is 38.8. The first-order valence-corrected chi connectivity index (χ1v) is 19.7. The van der Waals surface area contributed by atoms with Gasteiger partial charge in [0, 0.05) is 44.7 Å². The van der Waals surface area contributed by atoms with E-state index in [2.05, 4.69) is 37.4 Å². The van der Waals surface area contributed by atoms with Crippen LogP contribution in [-0.4, -0.2) is 66.5 Å². The van der Waals surface area contributed by atoms with Crippen LogP contribution in [0.2, 0.25) is 0 Å². The zero-order valence-electron chi connectivity index (χ0n) is 32.6. The molecule has 3 aromatic rings. The van der Waals surface area contributed by atoms with Crippen molar-refractivity contribution < 1.29 is 34.0 Å². The normalized spacial score (nSPS) is 34.1. The second-order valence-electron chi connectivity index (χ2n) is 17.2. The van der Waals surface area contributed by atoms with Gasteiger partial charge in [0.2, 0.25) is 0 Å². The van der Waals surface area contributed by atoms with E-state index >= 15 is 0 Å². The Morgan fingerprint density at radius 1 is 0.818 bits per heavy atom. The van der Waals surface area contributed by atoms with E-state index in [1.165, 1.54) is 0 Å². The molecule has 6 aliphatic carbocycles. The number of aliphatic hydroxyl groups is 2. The van der Waals surface area contributed by atoms with E-state index in [9.17, 15) is 19.8 Å². The van der Waals surface area contributed by atoms with E-state index in [1.54, 1.807) is 26.2 Å². The third kappa shape index (κ3) is 5.63. The molecule has 9 rings (SSSR count). The fourth-order valence-electron chi connectivity index (χ4n) is 11.9. The lowest BCUT2D eigenvalue weighted by molar-refractivity contribution is -0.174. The topological polar surface area (TPSA) is 118 Å². The van der Waals surface area contributed by atoms with Crippen LogP contribution in [0.5, 0.6) is 17.2 Å². The predicted octanol–water partition coefficient (Wildman–Crippen LogP) is 8.22. The van der Waals surface area contributed by atoms with Crippen LogP contribution in [0.3, 0.4) is 0 Å². The lowest BCUT2D eigenvalue weighted by atomic mass is 9.32. The molecule has 0 saturated heterocycles. The molecule has 8 atom stereocenters. The van der Waals surface area contributed by atoms with Crippen LogP contribution < -0.4 is 19.5 Å². The summed E-state index contributed by atoms with van der Waals surface area (Å²) >= 11 is 0. The van der Waals surface area contributed by atoms with Crippen molar-refractivity contribution >= 4 is 17.5 Å². The Balaban J connectivity index is 1.19.